The Bertz CT molecular complexity index is 895. The molecule has 2 aliphatic heterocycles. The van der Waals surface area contributed by atoms with Crippen molar-refractivity contribution >= 4 is 17.1 Å². The van der Waals surface area contributed by atoms with E-state index in [0.29, 0.717) is 6.61 Å². The van der Waals surface area contributed by atoms with E-state index < -0.39 is 5.60 Å². The Hall–Kier alpha value is -2.21. The SMILES string of the molecule is Cc1ccc2nccc(CCC34CCC(NC(=O)OC(C)(C)C)(CC3)CO4)c2n1. The molecule has 6 heteroatoms. The van der Waals surface area contributed by atoms with Gasteiger partial charge in [0.1, 0.15) is 5.60 Å². The van der Waals surface area contributed by atoms with Crippen LogP contribution in [-0.2, 0) is 15.9 Å². The van der Waals surface area contributed by atoms with Crippen molar-refractivity contribution in [1.82, 2.24) is 15.3 Å². The normalized spacial score (nSPS) is 26.5. The van der Waals surface area contributed by atoms with Crippen LogP contribution >= 0.6 is 0 Å². The summed E-state index contributed by atoms with van der Waals surface area (Å²) in [4.78, 5) is 21.4. The van der Waals surface area contributed by atoms with Gasteiger partial charge >= 0.3 is 6.09 Å². The van der Waals surface area contributed by atoms with Gasteiger partial charge in [0.15, 0.2) is 0 Å². The van der Waals surface area contributed by atoms with Crippen molar-refractivity contribution in [3.63, 3.8) is 0 Å². The number of alkyl carbamates (subject to hydrolysis) is 1. The number of aromatic nitrogens is 2. The maximum Gasteiger partial charge on any atom is 0.408 e. The summed E-state index contributed by atoms with van der Waals surface area (Å²) in [5.41, 5.74) is 3.30. The van der Waals surface area contributed by atoms with Crippen LogP contribution in [0.1, 0.15) is 64.1 Å². The molecular weight excluding hydrogens is 366 g/mol. The maximum absolute atomic E-state index is 12.2. The fourth-order valence-corrected chi connectivity index (χ4v) is 4.51. The van der Waals surface area contributed by atoms with Gasteiger partial charge in [0.05, 0.1) is 28.8 Å². The lowest BCUT2D eigenvalue weighted by atomic mass is 9.69. The number of hydrogen-bond donors (Lipinski definition) is 1. The first-order valence-corrected chi connectivity index (χ1v) is 10.5. The molecule has 0 radical (unpaired) electrons. The van der Waals surface area contributed by atoms with E-state index >= 15 is 0 Å². The lowest BCUT2D eigenvalue weighted by Crippen LogP contribution is -2.63. The summed E-state index contributed by atoms with van der Waals surface area (Å²) in [6.07, 6.45) is 7.18. The molecular formula is C23H31N3O3. The second-order valence-electron chi connectivity index (χ2n) is 9.67. The van der Waals surface area contributed by atoms with Crippen LogP contribution < -0.4 is 5.32 Å². The first-order chi connectivity index (χ1) is 13.7. The molecule has 2 aromatic heterocycles. The first kappa shape index (κ1) is 20.1. The van der Waals surface area contributed by atoms with E-state index in [1.54, 1.807) is 0 Å². The van der Waals surface area contributed by atoms with Crippen molar-refractivity contribution in [2.24, 2.45) is 0 Å². The van der Waals surface area contributed by atoms with Gasteiger partial charge in [-0.25, -0.2) is 4.79 Å². The van der Waals surface area contributed by atoms with E-state index in [4.69, 9.17) is 14.5 Å². The van der Waals surface area contributed by atoms with Gasteiger partial charge in [-0.05, 0) is 90.0 Å². The highest BCUT2D eigenvalue weighted by atomic mass is 16.6. The summed E-state index contributed by atoms with van der Waals surface area (Å²) in [6.45, 7) is 8.21. The highest BCUT2D eigenvalue weighted by Gasteiger charge is 2.50. The summed E-state index contributed by atoms with van der Waals surface area (Å²) in [5.74, 6) is 0. The van der Waals surface area contributed by atoms with Crippen LogP contribution in [0.15, 0.2) is 24.4 Å². The number of ether oxygens (including phenoxy) is 2. The molecule has 0 unspecified atom stereocenters. The van der Waals surface area contributed by atoms with Gasteiger partial charge in [0.25, 0.3) is 0 Å². The van der Waals surface area contributed by atoms with Crippen LogP contribution in [0.4, 0.5) is 4.79 Å². The molecule has 156 valence electrons. The van der Waals surface area contributed by atoms with Crippen LogP contribution in [0.25, 0.3) is 11.0 Å². The minimum absolute atomic E-state index is 0.100. The molecule has 5 rings (SSSR count). The fraction of sp³-hybridized carbons (Fsp3) is 0.609. The van der Waals surface area contributed by atoms with Crippen molar-refractivity contribution in [2.45, 2.75) is 83.0 Å². The third kappa shape index (κ3) is 4.37. The van der Waals surface area contributed by atoms with Gasteiger partial charge in [-0.2, -0.15) is 0 Å². The van der Waals surface area contributed by atoms with E-state index in [-0.39, 0.29) is 17.2 Å². The van der Waals surface area contributed by atoms with Crippen molar-refractivity contribution in [3.05, 3.63) is 35.7 Å². The van der Waals surface area contributed by atoms with Gasteiger partial charge in [0, 0.05) is 11.9 Å². The van der Waals surface area contributed by atoms with Gasteiger partial charge in [-0.1, -0.05) is 0 Å². The molecule has 2 aromatic rings. The average Bonchev–Trinajstić information content (AvgIpc) is 2.66. The molecule has 3 fully saturated rings. The zero-order chi connectivity index (χ0) is 20.7. The smallest absolute Gasteiger partial charge is 0.408 e. The third-order valence-electron chi connectivity index (χ3n) is 6.20. The number of rotatable bonds is 4. The Balaban J connectivity index is 1.40. The number of pyridine rings is 2. The third-order valence-corrected chi connectivity index (χ3v) is 6.20. The van der Waals surface area contributed by atoms with Crippen LogP contribution in [0.3, 0.4) is 0 Å². The molecule has 1 amide bonds. The van der Waals surface area contributed by atoms with Crippen LogP contribution in [0.5, 0.6) is 0 Å². The van der Waals surface area contributed by atoms with E-state index in [2.05, 4.69) is 16.4 Å². The molecule has 2 bridgehead atoms. The standard InChI is InChI=1S/C23H31N3O3/c1-16-5-6-18-19(25-16)17(8-14-24-18)7-9-23-12-10-22(11-13-23,15-28-23)26-20(27)29-21(2,3)4/h5-6,8,14H,7,9-13,15H2,1-4H3,(H,26,27). The molecule has 0 atom stereocenters. The number of nitrogens with one attached hydrogen (secondary N) is 1. The Morgan fingerprint density at radius 2 is 1.97 bits per heavy atom. The zero-order valence-corrected chi connectivity index (χ0v) is 17.9. The summed E-state index contributed by atoms with van der Waals surface area (Å²) in [7, 11) is 0. The highest BCUT2D eigenvalue weighted by molar-refractivity contribution is 5.77. The maximum atomic E-state index is 12.2. The van der Waals surface area contributed by atoms with Crippen molar-refractivity contribution in [1.29, 1.82) is 0 Å². The summed E-state index contributed by atoms with van der Waals surface area (Å²) in [5, 5.41) is 3.09. The largest absolute Gasteiger partial charge is 0.444 e. The molecule has 6 nitrogen and oxygen atoms in total. The van der Waals surface area contributed by atoms with Crippen molar-refractivity contribution in [3.8, 4) is 0 Å². The number of carbonyl (C=O) groups is 1. The minimum atomic E-state index is -0.492. The van der Waals surface area contributed by atoms with Gasteiger partial charge in [0.2, 0.25) is 0 Å². The van der Waals surface area contributed by atoms with Gasteiger partial charge in [-0.3, -0.25) is 9.97 Å². The summed E-state index contributed by atoms with van der Waals surface area (Å²) < 4.78 is 11.8. The number of amides is 1. The number of aryl methyl sites for hydroxylation is 2. The quantitative estimate of drug-likeness (QED) is 0.824. The molecule has 2 saturated heterocycles. The van der Waals surface area contributed by atoms with Crippen LogP contribution in [0.2, 0.25) is 0 Å². The second-order valence-corrected chi connectivity index (χ2v) is 9.67. The van der Waals surface area contributed by atoms with Crippen molar-refractivity contribution < 1.29 is 14.3 Å². The number of hydrogen-bond acceptors (Lipinski definition) is 5. The van der Waals surface area contributed by atoms with Crippen LogP contribution in [-0.4, -0.2) is 39.4 Å². The van der Waals surface area contributed by atoms with E-state index in [9.17, 15) is 4.79 Å². The second kappa shape index (κ2) is 7.24. The van der Waals surface area contributed by atoms with Crippen LogP contribution in [0, 0.1) is 6.92 Å². The average molecular weight is 398 g/mol. The fourth-order valence-electron chi connectivity index (χ4n) is 4.51. The Kier molecular flexibility index (Phi) is 5.01. The monoisotopic (exact) mass is 397 g/mol. The minimum Gasteiger partial charge on any atom is -0.444 e. The number of carbonyl (C=O) groups excluding carboxylic acids is 1. The predicted octanol–water partition coefficient (Wildman–Crippen LogP) is 4.48. The molecule has 1 aliphatic carbocycles. The lowest BCUT2D eigenvalue weighted by Gasteiger charge is -2.53. The van der Waals surface area contributed by atoms with Gasteiger partial charge < -0.3 is 14.8 Å². The summed E-state index contributed by atoms with van der Waals surface area (Å²) in [6, 6.07) is 6.11. The number of nitrogens with zero attached hydrogens (tertiary/aromatic N) is 2. The number of fused-ring (bicyclic) bond motifs is 4. The molecule has 1 N–H and O–H groups in total. The zero-order valence-electron chi connectivity index (χ0n) is 17.9. The molecule has 4 heterocycles. The molecule has 0 spiro atoms. The Morgan fingerprint density at radius 3 is 2.62 bits per heavy atom. The van der Waals surface area contributed by atoms with E-state index in [1.165, 1.54) is 5.56 Å². The topological polar surface area (TPSA) is 73.3 Å². The molecule has 0 aromatic carbocycles. The van der Waals surface area contributed by atoms with E-state index in [1.807, 2.05) is 46.0 Å². The molecule has 1 saturated carbocycles. The van der Waals surface area contributed by atoms with Gasteiger partial charge in [-0.15, -0.1) is 0 Å². The Labute approximate surface area is 172 Å². The van der Waals surface area contributed by atoms with E-state index in [0.717, 1.165) is 55.3 Å². The summed E-state index contributed by atoms with van der Waals surface area (Å²) >= 11 is 0. The first-order valence-electron chi connectivity index (χ1n) is 10.5. The lowest BCUT2D eigenvalue weighted by molar-refractivity contribution is -0.163. The highest BCUT2D eigenvalue weighted by Crippen LogP contribution is 2.46. The van der Waals surface area contributed by atoms with Crippen molar-refractivity contribution in [2.75, 3.05) is 6.61 Å². The molecule has 3 aliphatic rings. The Morgan fingerprint density at radius 1 is 1.21 bits per heavy atom. The molecule has 29 heavy (non-hydrogen) atoms. The predicted molar refractivity (Wildman–Crippen MR) is 112 cm³/mol.